The number of benzene rings is 2. The molecule has 3 rings (SSSR count). The molecule has 0 radical (unpaired) electrons. The lowest BCUT2D eigenvalue weighted by atomic mass is 9.71. The molecule has 0 N–H and O–H groups in total. The summed E-state index contributed by atoms with van der Waals surface area (Å²) in [4.78, 5) is 2.56. The highest BCUT2D eigenvalue weighted by atomic mass is 15.2. The lowest BCUT2D eigenvalue weighted by molar-refractivity contribution is 0.00728. The number of nitrogens with zero attached hydrogens (tertiary/aromatic N) is 1. The highest BCUT2D eigenvalue weighted by molar-refractivity contribution is 5.64. The van der Waals surface area contributed by atoms with Crippen molar-refractivity contribution in [2.45, 2.75) is 84.2 Å². The van der Waals surface area contributed by atoms with Crippen molar-refractivity contribution in [1.82, 2.24) is 4.90 Å². The van der Waals surface area contributed by atoms with E-state index < -0.39 is 0 Å². The van der Waals surface area contributed by atoms with Gasteiger partial charge in [-0.05, 0) is 102 Å². The second kappa shape index (κ2) is 9.25. The van der Waals surface area contributed by atoms with Crippen molar-refractivity contribution in [3.63, 3.8) is 0 Å². The number of hydrogen-bond acceptors (Lipinski definition) is 1. The molecule has 2 aromatic carbocycles. The Bertz CT molecular complexity index is 848. The monoisotopic (exact) mass is 401 g/mol. The van der Waals surface area contributed by atoms with Crippen molar-refractivity contribution in [2.75, 3.05) is 0 Å². The first kappa shape index (κ1) is 22.4. The van der Waals surface area contributed by atoms with Crippen LogP contribution in [-0.2, 0) is 6.42 Å². The van der Waals surface area contributed by atoms with E-state index in [0.717, 1.165) is 12.8 Å². The standard InChI is InChI=1S/C29H39N/c1-7-9-10-11-23-12-14-24(15-13-23)25-16-18-26(19-17-25)27-21-28(3,4)30(20-8-2)29(5,6)22-27/h7-9,12-20,27H,10-11,21-22H2,1-6H3/b9-7+,20-8+. The average Bonchev–Trinajstić information content (AvgIpc) is 2.71. The Morgan fingerprint density at radius 2 is 1.33 bits per heavy atom. The Labute approximate surface area is 184 Å². The molecule has 1 heterocycles. The van der Waals surface area contributed by atoms with E-state index in [-0.39, 0.29) is 11.1 Å². The molecule has 1 saturated heterocycles. The average molecular weight is 402 g/mol. The number of likely N-dealkylation sites (tertiary alicyclic amines) is 1. The smallest absolute Gasteiger partial charge is 0.0351 e. The van der Waals surface area contributed by atoms with Crippen LogP contribution >= 0.6 is 0 Å². The molecular formula is C29H39N. The van der Waals surface area contributed by atoms with Crippen LogP contribution in [-0.4, -0.2) is 16.0 Å². The normalized spacial score (nSPS) is 19.1. The highest BCUT2D eigenvalue weighted by Crippen LogP contribution is 2.46. The van der Waals surface area contributed by atoms with Crippen LogP contribution in [0.2, 0.25) is 0 Å². The highest BCUT2D eigenvalue weighted by Gasteiger charge is 2.43. The molecule has 0 spiro atoms. The molecule has 0 aliphatic carbocycles. The van der Waals surface area contributed by atoms with Crippen molar-refractivity contribution in [3.8, 4) is 11.1 Å². The number of aryl methyl sites for hydroxylation is 1. The number of hydrogen-bond donors (Lipinski definition) is 0. The summed E-state index contributed by atoms with van der Waals surface area (Å²) in [6.45, 7) is 13.7. The summed E-state index contributed by atoms with van der Waals surface area (Å²) >= 11 is 0. The van der Waals surface area contributed by atoms with Gasteiger partial charge < -0.3 is 4.90 Å². The number of allylic oxidation sites excluding steroid dienone is 3. The summed E-state index contributed by atoms with van der Waals surface area (Å²) in [5.74, 6) is 0.597. The molecule has 0 unspecified atom stereocenters. The van der Waals surface area contributed by atoms with E-state index >= 15 is 0 Å². The Morgan fingerprint density at radius 3 is 1.83 bits per heavy atom. The molecule has 1 aliphatic rings. The Morgan fingerprint density at radius 1 is 0.800 bits per heavy atom. The van der Waals surface area contributed by atoms with Crippen LogP contribution in [0.15, 0.2) is 73.0 Å². The maximum Gasteiger partial charge on any atom is 0.0351 e. The van der Waals surface area contributed by atoms with Crippen molar-refractivity contribution in [1.29, 1.82) is 0 Å². The molecule has 160 valence electrons. The van der Waals surface area contributed by atoms with Gasteiger partial charge in [0.2, 0.25) is 0 Å². The van der Waals surface area contributed by atoms with Gasteiger partial charge in [0.1, 0.15) is 0 Å². The fraction of sp³-hybridized carbons (Fsp3) is 0.448. The fourth-order valence-electron chi connectivity index (χ4n) is 5.31. The van der Waals surface area contributed by atoms with Crippen LogP contribution < -0.4 is 0 Å². The molecule has 30 heavy (non-hydrogen) atoms. The van der Waals surface area contributed by atoms with Gasteiger partial charge in [-0.25, -0.2) is 0 Å². The third kappa shape index (κ3) is 5.06. The second-order valence-corrected chi connectivity index (χ2v) is 10.0. The fourth-order valence-corrected chi connectivity index (χ4v) is 5.31. The Balaban J connectivity index is 1.74. The molecule has 0 amide bonds. The van der Waals surface area contributed by atoms with Gasteiger partial charge in [-0.15, -0.1) is 0 Å². The third-order valence-corrected chi connectivity index (χ3v) is 6.60. The van der Waals surface area contributed by atoms with Gasteiger partial charge in [0, 0.05) is 11.1 Å². The minimum atomic E-state index is 0.153. The van der Waals surface area contributed by atoms with Gasteiger partial charge >= 0.3 is 0 Å². The Kier molecular flexibility index (Phi) is 6.91. The molecule has 1 aliphatic heterocycles. The van der Waals surface area contributed by atoms with E-state index in [1.807, 2.05) is 0 Å². The van der Waals surface area contributed by atoms with E-state index in [2.05, 4.69) is 119 Å². The first-order chi connectivity index (χ1) is 14.3. The molecule has 1 heteroatoms. The number of piperidine rings is 1. The van der Waals surface area contributed by atoms with Gasteiger partial charge in [-0.1, -0.05) is 66.8 Å². The van der Waals surface area contributed by atoms with E-state index in [1.54, 1.807) is 0 Å². The molecule has 0 atom stereocenters. The van der Waals surface area contributed by atoms with Crippen LogP contribution in [0, 0.1) is 0 Å². The Hall–Kier alpha value is -2.28. The SMILES string of the molecule is C/C=C/CCc1ccc(-c2ccc(C3CC(C)(C)N(/C=C/C)C(C)(C)C3)cc2)cc1. The first-order valence-electron chi connectivity index (χ1n) is 11.5. The van der Waals surface area contributed by atoms with E-state index in [1.165, 1.54) is 35.1 Å². The molecule has 1 nitrogen and oxygen atoms in total. The summed E-state index contributed by atoms with van der Waals surface area (Å²) in [6, 6.07) is 18.4. The van der Waals surface area contributed by atoms with Crippen molar-refractivity contribution < 1.29 is 0 Å². The molecule has 1 fully saturated rings. The zero-order chi connectivity index (χ0) is 21.8. The summed E-state index contributed by atoms with van der Waals surface area (Å²) in [5.41, 5.74) is 5.80. The van der Waals surface area contributed by atoms with Crippen molar-refractivity contribution >= 4 is 0 Å². The zero-order valence-electron chi connectivity index (χ0n) is 19.8. The minimum Gasteiger partial charge on any atom is -0.368 e. The largest absolute Gasteiger partial charge is 0.368 e. The summed E-state index contributed by atoms with van der Waals surface area (Å²) in [5, 5.41) is 0. The van der Waals surface area contributed by atoms with E-state index in [0.29, 0.717) is 5.92 Å². The summed E-state index contributed by atoms with van der Waals surface area (Å²) < 4.78 is 0. The molecule has 0 aromatic heterocycles. The van der Waals surface area contributed by atoms with Gasteiger partial charge in [-0.3, -0.25) is 0 Å². The third-order valence-electron chi connectivity index (χ3n) is 6.60. The summed E-state index contributed by atoms with van der Waals surface area (Å²) in [7, 11) is 0. The quantitative estimate of drug-likeness (QED) is 0.442. The number of rotatable bonds is 6. The maximum atomic E-state index is 2.56. The minimum absolute atomic E-state index is 0.153. The van der Waals surface area contributed by atoms with Crippen LogP contribution in [0.4, 0.5) is 0 Å². The molecule has 0 saturated carbocycles. The summed E-state index contributed by atoms with van der Waals surface area (Å²) in [6.07, 6.45) is 13.4. The first-order valence-corrected chi connectivity index (χ1v) is 11.5. The van der Waals surface area contributed by atoms with E-state index in [9.17, 15) is 0 Å². The van der Waals surface area contributed by atoms with Crippen LogP contribution in [0.25, 0.3) is 11.1 Å². The lowest BCUT2D eigenvalue weighted by Crippen LogP contribution is -2.57. The molecule has 0 bridgehead atoms. The van der Waals surface area contributed by atoms with Gasteiger partial charge in [0.25, 0.3) is 0 Å². The lowest BCUT2D eigenvalue weighted by Gasteiger charge is -2.55. The predicted octanol–water partition coefficient (Wildman–Crippen LogP) is 8.13. The molecule has 2 aromatic rings. The van der Waals surface area contributed by atoms with Gasteiger partial charge in [0.05, 0.1) is 0 Å². The van der Waals surface area contributed by atoms with Crippen LogP contribution in [0.3, 0.4) is 0 Å². The second-order valence-electron chi connectivity index (χ2n) is 10.0. The zero-order valence-corrected chi connectivity index (χ0v) is 19.8. The van der Waals surface area contributed by atoms with Crippen molar-refractivity contribution in [3.05, 3.63) is 84.1 Å². The van der Waals surface area contributed by atoms with Crippen molar-refractivity contribution in [2.24, 2.45) is 0 Å². The van der Waals surface area contributed by atoms with Crippen LogP contribution in [0.5, 0.6) is 0 Å². The van der Waals surface area contributed by atoms with Gasteiger partial charge in [-0.2, -0.15) is 0 Å². The topological polar surface area (TPSA) is 3.24 Å². The molecular weight excluding hydrogens is 362 g/mol. The maximum absolute atomic E-state index is 2.56. The van der Waals surface area contributed by atoms with E-state index in [4.69, 9.17) is 0 Å². The van der Waals surface area contributed by atoms with Gasteiger partial charge in [0.15, 0.2) is 0 Å². The van der Waals surface area contributed by atoms with Crippen LogP contribution in [0.1, 0.15) is 77.8 Å². The predicted molar refractivity (Wildman–Crippen MR) is 132 cm³/mol.